The molecule has 1 fully saturated rings. The van der Waals surface area contributed by atoms with Crippen LogP contribution in [0.3, 0.4) is 0 Å². The monoisotopic (exact) mass is 359 g/mol. The summed E-state index contributed by atoms with van der Waals surface area (Å²) in [5.74, 6) is 0.0308. The SMILES string of the molecule is NC(=S)c1ccc(C(=O)N2CCN(c3ccccc3Cl)CC2)cc1. The molecule has 0 aromatic heterocycles. The zero-order valence-corrected chi connectivity index (χ0v) is 14.7. The molecule has 3 rings (SSSR count). The number of rotatable bonds is 3. The van der Waals surface area contributed by atoms with Crippen LogP contribution < -0.4 is 10.6 Å². The van der Waals surface area contributed by atoms with E-state index in [1.165, 1.54) is 0 Å². The third kappa shape index (κ3) is 3.52. The maximum absolute atomic E-state index is 12.6. The van der Waals surface area contributed by atoms with Crippen molar-refractivity contribution in [1.82, 2.24) is 4.90 Å². The predicted molar refractivity (Wildman–Crippen MR) is 102 cm³/mol. The zero-order valence-electron chi connectivity index (χ0n) is 13.1. The van der Waals surface area contributed by atoms with Crippen molar-refractivity contribution in [1.29, 1.82) is 0 Å². The molecule has 2 N–H and O–H groups in total. The van der Waals surface area contributed by atoms with Crippen molar-refractivity contribution in [3.05, 3.63) is 64.7 Å². The molecule has 0 spiro atoms. The van der Waals surface area contributed by atoms with Crippen molar-refractivity contribution >= 4 is 40.4 Å². The molecule has 1 saturated heterocycles. The van der Waals surface area contributed by atoms with E-state index in [0.717, 1.165) is 29.4 Å². The Labute approximate surface area is 151 Å². The molecule has 1 amide bonds. The average molecular weight is 360 g/mol. The van der Waals surface area contributed by atoms with Gasteiger partial charge in [0.2, 0.25) is 0 Å². The van der Waals surface area contributed by atoms with E-state index < -0.39 is 0 Å². The minimum atomic E-state index is 0.0308. The maximum atomic E-state index is 12.6. The van der Waals surface area contributed by atoms with Crippen LogP contribution >= 0.6 is 23.8 Å². The Bertz CT molecular complexity index is 755. The first-order valence-electron chi connectivity index (χ1n) is 7.75. The van der Waals surface area contributed by atoms with Gasteiger partial charge < -0.3 is 15.5 Å². The van der Waals surface area contributed by atoms with Gasteiger partial charge in [-0.25, -0.2) is 0 Å². The van der Waals surface area contributed by atoms with Crippen molar-refractivity contribution in [3.63, 3.8) is 0 Å². The summed E-state index contributed by atoms with van der Waals surface area (Å²) in [6, 6.07) is 14.9. The molecule has 24 heavy (non-hydrogen) atoms. The summed E-state index contributed by atoms with van der Waals surface area (Å²) in [6.45, 7) is 2.86. The largest absolute Gasteiger partial charge is 0.389 e. The van der Waals surface area contributed by atoms with Crippen LogP contribution in [0.4, 0.5) is 5.69 Å². The van der Waals surface area contributed by atoms with Gasteiger partial charge in [-0.1, -0.05) is 48.1 Å². The number of anilines is 1. The minimum Gasteiger partial charge on any atom is -0.389 e. The van der Waals surface area contributed by atoms with Crippen molar-refractivity contribution < 1.29 is 4.79 Å². The Kier molecular flexibility index (Phi) is 5.02. The molecule has 0 unspecified atom stereocenters. The van der Waals surface area contributed by atoms with Crippen molar-refractivity contribution in [2.75, 3.05) is 31.1 Å². The number of halogens is 1. The first-order chi connectivity index (χ1) is 11.6. The number of piperazine rings is 1. The van der Waals surface area contributed by atoms with E-state index in [1.54, 1.807) is 24.3 Å². The molecule has 4 nitrogen and oxygen atoms in total. The number of carbonyl (C=O) groups is 1. The van der Waals surface area contributed by atoms with Crippen LogP contribution in [0.2, 0.25) is 5.02 Å². The second kappa shape index (κ2) is 7.20. The molecule has 0 aliphatic carbocycles. The summed E-state index contributed by atoms with van der Waals surface area (Å²) >= 11 is 11.2. The standard InChI is InChI=1S/C18H18ClN3OS/c19-15-3-1-2-4-16(15)21-9-11-22(12-10-21)18(23)14-7-5-13(6-8-14)17(20)24/h1-8H,9-12H2,(H2,20,24). The lowest BCUT2D eigenvalue weighted by Gasteiger charge is -2.36. The van der Waals surface area contributed by atoms with Crippen molar-refractivity contribution in [3.8, 4) is 0 Å². The highest BCUT2D eigenvalue weighted by molar-refractivity contribution is 7.80. The highest BCUT2D eigenvalue weighted by Gasteiger charge is 2.23. The molecule has 0 atom stereocenters. The fourth-order valence-corrected chi connectivity index (χ4v) is 3.21. The Morgan fingerprint density at radius 1 is 0.958 bits per heavy atom. The number of nitrogens with zero attached hydrogens (tertiary/aromatic N) is 2. The van der Waals surface area contributed by atoms with Gasteiger partial charge in [0.05, 0.1) is 10.7 Å². The smallest absolute Gasteiger partial charge is 0.253 e. The van der Waals surface area contributed by atoms with Crippen molar-refractivity contribution in [2.45, 2.75) is 0 Å². The molecule has 1 heterocycles. The summed E-state index contributed by atoms with van der Waals surface area (Å²) in [6.07, 6.45) is 0. The summed E-state index contributed by atoms with van der Waals surface area (Å²) in [7, 11) is 0. The number of para-hydroxylation sites is 1. The molecule has 6 heteroatoms. The van der Waals surface area contributed by atoms with Crippen LogP contribution in [0.1, 0.15) is 15.9 Å². The van der Waals surface area contributed by atoms with Crippen LogP contribution in [0, 0.1) is 0 Å². The van der Waals surface area contributed by atoms with Crippen LogP contribution in [0.5, 0.6) is 0 Å². The molecule has 1 aliphatic heterocycles. The lowest BCUT2D eigenvalue weighted by atomic mass is 10.1. The molecule has 2 aromatic rings. The van der Waals surface area contributed by atoms with Gasteiger partial charge >= 0.3 is 0 Å². The summed E-state index contributed by atoms with van der Waals surface area (Å²) in [4.78, 5) is 17.0. The number of hydrogen-bond donors (Lipinski definition) is 1. The van der Waals surface area contributed by atoms with E-state index in [0.29, 0.717) is 23.6 Å². The van der Waals surface area contributed by atoms with Gasteiger partial charge in [0.15, 0.2) is 0 Å². The predicted octanol–water partition coefficient (Wildman–Crippen LogP) is 2.94. The van der Waals surface area contributed by atoms with Crippen LogP contribution in [0.15, 0.2) is 48.5 Å². The van der Waals surface area contributed by atoms with Gasteiger partial charge in [0.25, 0.3) is 5.91 Å². The molecular formula is C18H18ClN3OS. The third-order valence-corrected chi connectivity index (χ3v) is 4.73. The Morgan fingerprint density at radius 2 is 1.54 bits per heavy atom. The fourth-order valence-electron chi connectivity index (χ4n) is 2.82. The van der Waals surface area contributed by atoms with E-state index in [4.69, 9.17) is 29.6 Å². The van der Waals surface area contributed by atoms with E-state index >= 15 is 0 Å². The highest BCUT2D eigenvalue weighted by Crippen LogP contribution is 2.26. The molecule has 0 bridgehead atoms. The highest BCUT2D eigenvalue weighted by atomic mass is 35.5. The topological polar surface area (TPSA) is 49.6 Å². The molecule has 124 valence electrons. The van der Waals surface area contributed by atoms with Crippen LogP contribution in [-0.4, -0.2) is 42.0 Å². The van der Waals surface area contributed by atoms with Gasteiger partial charge in [-0.2, -0.15) is 0 Å². The van der Waals surface area contributed by atoms with Gasteiger partial charge in [-0.05, 0) is 24.3 Å². The second-order valence-corrected chi connectivity index (χ2v) is 6.52. The van der Waals surface area contributed by atoms with Gasteiger partial charge in [0, 0.05) is 37.3 Å². The summed E-state index contributed by atoms with van der Waals surface area (Å²) in [5, 5.41) is 0.741. The third-order valence-electron chi connectivity index (χ3n) is 4.18. The van der Waals surface area contributed by atoms with Crippen LogP contribution in [-0.2, 0) is 0 Å². The molecule has 0 saturated carbocycles. The quantitative estimate of drug-likeness (QED) is 0.856. The fraction of sp³-hybridized carbons (Fsp3) is 0.222. The van der Waals surface area contributed by atoms with Crippen molar-refractivity contribution in [2.24, 2.45) is 5.73 Å². The lowest BCUT2D eigenvalue weighted by molar-refractivity contribution is 0.0747. The number of benzene rings is 2. The zero-order chi connectivity index (χ0) is 17.1. The minimum absolute atomic E-state index is 0.0308. The number of hydrogen-bond acceptors (Lipinski definition) is 3. The Morgan fingerprint density at radius 3 is 2.12 bits per heavy atom. The van der Waals surface area contributed by atoms with Gasteiger partial charge in [-0.3, -0.25) is 4.79 Å². The number of thiocarbonyl (C=S) groups is 1. The van der Waals surface area contributed by atoms with Gasteiger partial charge in [0.1, 0.15) is 4.99 Å². The Hall–Kier alpha value is -2.11. The molecule has 0 radical (unpaired) electrons. The van der Waals surface area contributed by atoms with Crippen LogP contribution in [0.25, 0.3) is 0 Å². The number of carbonyl (C=O) groups excluding carboxylic acids is 1. The number of nitrogens with two attached hydrogens (primary N) is 1. The molecular weight excluding hydrogens is 342 g/mol. The molecule has 1 aliphatic rings. The summed E-state index contributed by atoms with van der Waals surface area (Å²) < 4.78 is 0. The maximum Gasteiger partial charge on any atom is 0.253 e. The normalized spacial score (nSPS) is 14.5. The van der Waals surface area contributed by atoms with E-state index in [1.807, 2.05) is 29.2 Å². The average Bonchev–Trinajstić information content (AvgIpc) is 2.62. The second-order valence-electron chi connectivity index (χ2n) is 5.67. The van der Waals surface area contributed by atoms with E-state index in [9.17, 15) is 4.79 Å². The van der Waals surface area contributed by atoms with E-state index in [2.05, 4.69) is 4.90 Å². The van der Waals surface area contributed by atoms with Gasteiger partial charge in [-0.15, -0.1) is 0 Å². The molecule has 2 aromatic carbocycles. The first kappa shape index (κ1) is 16.7. The Balaban J connectivity index is 1.65. The lowest BCUT2D eigenvalue weighted by Crippen LogP contribution is -2.48. The first-order valence-corrected chi connectivity index (χ1v) is 8.53. The number of amides is 1. The van der Waals surface area contributed by atoms with E-state index in [-0.39, 0.29) is 5.91 Å². The summed E-state index contributed by atoms with van der Waals surface area (Å²) in [5.41, 5.74) is 8.03.